The monoisotopic (exact) mass is 421 g/mol. The minimum absolute atomic E-state index is 0.119. The Bertz CT molecular complexity index is 873. The van der Waals surface area contributed by atoms with Gasteiger partial charge >= 0.3 is 13.6 Å². The summed E-state index contributed by atoms with van der Waals surface area (Å²) in [7, 11) is -3.77. The van der Waals surface area contributed by atoms with Crippen molar-refractivity contribution < 1.29 is 23.5 Å². The van der Waals surface area contributed by atoms with Crippen LogP contribution < -0.4 is 14.7 Å². The smallest absolute Gasteiger partial charge is 0.391 e. The molecular weight excluding hydrogens is 397 g/mol. The molecule has 0 saturated heterocycles. The summed E-state index contributed by atoms with van der Waals surface area (Å²) in [6.07, 6.45) is -0.320. The van der Waals surface area contributed by atoms with Crippen LogP contribution in [0.5, 0.6) is 5.75 Å². The summed E-state index contributed by atoms with van der Waals surface area (Å²) in [6, 6.07) is 13.5. The predicted octanol–water partition coefficient (Wildman–Crippen LogP) is 3.80. The second-order valence-corrected chi connectivity index (χ2v) is 8.41. The molecule has 0 spiro atoms. The average molecular weight is 421 g/mol. The van der Waals surface area contributed by atoms with Gasteiger partial charge in [0.2, 0.25) is 0 Å². The lowest BCUT2D eigenvalue weighted by Crippen LogP contribution is -2.39. The van der Waals surface area contributed by atoms with Crippen LogP contribution in [-0.4, -0.2) is 23.0 Å². The van der Waals surface area contributed by atoms with E-state index in [0.717, 1.165) is 5.56 Å². The first-order valence-corrected chi connectivity index (χ1v) is 10.6. The number of hydrogen-bond donors (Lipinski definition) is 2. The van der Waals surface area contributed by atoms with E-state index in [1.807, 2.05) is 30.3 Å². The number of nitro groups is 1. The van der Waals surface area contributed by atoms with Crippen molar-refractivity contribution in [3.8, 4) is 5.75 Å². The molecule has 0 fully saturated rings. The van der Waals surface area contributed by atoms with Gasteiger partial charge in [-0.2, -0.15) is 0 Å². The van der Waals surface area contributed by atoms with Crippen LogP contribution in [0.15, 0.2) is 54.6 Å². The molecule has 2 unspecified atom stereocenters. The van der Waals surface area contributed by atoms with Gasteiger partial charge in [0.1, 0.15) is 11.8 Å². The predicted molar refractivity (Wildman–Crippen MR) is 108 cm³/mol. The zero-order valence-corrected chi connectivity index (χ0v) is 17.3. The second-order valence-electron chi connectivity index (χ2n) is 6.55. The lowest BCUT2D eigenvalue weighted by molar-refractivity contribution is -0.384. The summed E-state index contributed by atoms with van der Waals surface area (Å²) in [4.78, 5) is 22.4. The third-order valence-electron chi connectivity index (χ3n) is 3.68. The molecule has 9 nitrogen and oxygen atoms in total. The van der Waals surface area contributed by atoms with Gasteiger partial charge in [-0.15, -0.1) is 0 Å². The van der Waals surface area contributed by atoms with Gasteiger partial charge in [0.05, 0.1) is 11.0 Å². The Labute approximate surface area is 169 Å². The molecule has 0 aliphatic carbocycles. The van der Waals surface area contributed by atoms with Crippen molar-refractivity contribution in [1.29, 1.82) is 0 Å². The summed E-state index contributed by atoms with van der Waals surface area (Å²) in [5, 5.41) is 16.3. The van der Waals surface area contributed by atoms with Gasteiger partial charge in [-0.25, -0.2) is 14.7 Å². The van der Waals surface area contributed by atoms with Gasteiger partial charge in [-0.05, 0) is 38.5 Å². The van der Waals surface area contributed by atoms with Gasteiger partial charge in [-0.1, -0.05) is 30.3 Å². The van der Waals surface area contributed by atoms with Crippen molar-refractivity contribution in [2.45, 2.75) is 39.5 Å². The molecule has 0 heterocycles. The molecular formula is C19H24N3O6P. The molecule has 2 atom stereocenters. The third kappa shape index (κ3) is 7.30. The van der Waals surface area contributed by atoms with E-state index >= 15 is 0 Å². The molecule has 10 heteroatoms. The Morgan fingerprint density at radius 1 is 1.10 bits per heavy atom. The number of ether oxygens (including phenoxy) is 1. The normalized spacial score (nSPS) is 14.1. The molecule has 0 bridgehead atoms. The van der Waals surface area contributed by atoms with Crippen molar-refractivity contribution in [3.63, 3.8) is 0 Å². The molecule has 0 aliphatic rings. The zero-order valence-electron chi connectivity index (χ0n) is 16.4. The molecule has 0 amide bonds. The molecule has 2 aromatic carbocycles. The molecule has 0 aromatic heterocycles. The highest BCUT2D eigenvalue weighted by Crippen LogP contribution is 2.40. The molecule has 0 radical (unpaired) electrons. The van der Waals surface area contributed by atoms with Gasteiger partial charge in [0.15, 0.2) is 0 Å². The maximum Gasteiger partial charge on any atom is 0.391 e. The van der Waals surface area contributed by atoms with E-state index in [0.29, 0.717) is 0 Å². The number of carbonyl (C=O) groups excluding carboxylic acids is 1. The number of rotatable bonds is 10. The number of benzene rings is 2. The molecule has 2 rings (SSSR count). The van der Waals surface area contributed by atoms with Crippen LogP contribution in [0, 0.1) is 10.1 Å². The number of non-ortho nitro benzene ring substituents is 1. The number of esters is 1. The molecule has 0 aliphatic heterocycles. The van der Waals surface area contributed by atoms with Crippen LogP contribution in [0.1, 0.15) is 26.3 Å². The van der Waals surface area contributed by atoms with Crippen LogP contribution >= 0.6 is 7.67 Å². The summed E-state index contributed by atoms with van der Waals surface area (Å²) >= 11 is 0. The fraction of sp³-hybridized carbons (Fsp3) is 0.316. The van der Waals surface area contributed by atoms with Crippen LogP contribution in [0.25, 0.3) is 0 Å². The van der Waals surface area contributed by atoms with E-state index in [4.69, 9.17) is 9.26 Å². The van der Waals surface area contributed by atoms with E-state index in [-0.39, 0.29) is 24.1 Å². The Kier molecular flexibility index (Phi) is 7.90. The maximum atomic E-state index is 13.4. The van der Waals surface area contributed by atoms with Gasteiger partial charge in [-0.3, -0.25) is 14.9 Å². The number of nitrogens with one attached hydrogen (secondary N) is 2. The van der Waals surface area contributed by atoms with E-state index in [1.54, 1.807) is 13.8 Å². The molecule has 29 heavy (non-hydrogen) atoms. The lowest BCUT2D eigenvalue weighted by Gasteiger charge is -2.24. The van der Waals surface area contributed by atoms with Crippen LogP contribution in [0.2, 0.25) is 0 Å². The topological polar surface area (TPSA) is 120 Å². The van der Waals surface area contributed by atoms with Gasteiger partial charge in [0.25, 0.3) is 5.69 Å². The average Bonchev–Trinajstić information content (AvgIpc) is 2.67. The zero-order chi connectivity index (χ0) is 21.4. The minimum atomic E-state index is -3.77. The minimum Gasteiger partial charge on any atom is -0.462 e. The Morgan fingerprint density at radius 3 is 2.28 bits per heavy atom. The Balaban J connectivity index is 2.17. The maximum absolute atomic E-state index is 13.4. The number of carbonyl (C=O) groups is 1. The number of hydrogen-bond acceptors (Lipinski definition) is 6. The molecule has 2 aromatic rings. The fourth-order valence-electron chi connectivity index (χ4n) is 2.31. The van der Waals surface area contributed by atoms with Crippen molar-refractivity contribution in [3.05, 3.63) is 70.3 Å². The highest BCUT2D eigenvalue weighted by molar-refractivity contribution is 7.55. The van der Waals surface area contributed by atoms with Crippen LogP contribution in [0.4, 0.5) is 5.69 Å². The van der Waals surface area contributed by atoms with Crippen molar-refractivity contribution in [2.24, 2.45) is 0 Å². The first-order chi connectivity index (χ1) is 13.7. The van der Waals surface area contributed by atoms with Crippen molar-refractivity contribution in [1.82, 2.24) is 10.2 Å². The fourth-order valence-corrected chi connectivity index (χ4v) is 3.95. The number of nitro benzene ring substituents is 1. The highest BCUT2D eigenvalue weighted by atomic mass is 31.2. The molecule has 156 valence electrons. The van der Waals surface area contributed by atoms with Crippen LogP contribution in [-0.2, 0) is 20.6 Å². The van der Waals surface area contributed by atoms with Gasteiger partial charge < -0.3 is 9.26 Å². The summed E-state index contributed by atoms with van der Waals surface area (Å²) in [5.74, 6) is -0.426. The standard InChI is InChI=1S/C19H24N3O6P/c1-14(2)27-19(23)15(3)21-29(26,20-13-16-7-5-4-6-8-16)28-18-11-9-17(10-12-18)22(24)25/h4-12,14-15H,13H2,1-3H3,(H2,20,21,26). The van der Waals surface area contributed by atoms with Crippen molar-refractivity contribution >= 4 is 19.3 Å². The summed E-state index contributed by atoms with van der Waals surface area (Å²) in [5.41, 5.74) is 0.741. The number of nitrogens with zero attached hydrogens (tertiary/aromatic N) is 1. The quantitative estimate of drug-likeness (QED) is 0.257. The Hall–Kier alpha value is -2.74. The van der Waals surface area contributed by atoms with E-state index in [2.05, 4.69) is 10.2 Å². The molecule has 0 saturated carbocycles. The van der Waals surface area contributed by atoms with E-state index in [9.17, 15) is 19.5 Å². The van der Waals surface area contributed by atoms with Gasteiger partial charge in [0, 0.05) is 18.7 Å². The summed E-state index contributed by atoms with van der Waals surface area (Å²) in [6.45, 7) is 5.15. The SMILES string of the molecule is CC(C)OC(=O)C(C)NP(=O)(NCc1ccccc1)Oc1ccc([N+](=O)[O-])cc1. The first-order valence-electron chi connectivity index (χ1n) is 9.00. The first kappa shape index (κ1) is 22.5. The third-order valence-corrected chi connectivity index (χ3v) is 5.45. The highest BCUT2D eigenvalue weighted by Gasteiger charge is 2.30. The Morgan fingerprint density at radius 2 is 1.72 bits per heavy atom. The lowest BCUT2D eigenvalue weighted by atomic mass is 10.2. The van der Waals surface area contributed by atoms with E-state index in [1.165, 1.54) is 31.2 Å². The van der Waals surface area contributed by atoms with E-state index < -0.39 is 24.6 Å². The van der Waals surface area contributed by atoms with Crippen LogP contribution in [0.3, 0.4) is 0 Å². The molecule has 2 N–H and O–H groups in total. The largest absolute Gasteiger partial charge is 0.462 e. The second kappa shape index (κ2) is 10.2. The van der Waals surface area contributed by atoms with Crippen molar-refractivity contribution in [2.75, 3.05) is 0 Å². The summed E-state index contributed by atoms with van der Waals surface area (Å²) < 4.78 is 24.1.